The first-order chi connectivity index (χ1) is 9.24. The zero-order valence-electron chi connectivity index (χ0n) is 11.8. The number of nitrogens with one attached hydrogen (secondary N) is 1. The van der Waals surface area contributed by atoms with Gasteiger partial charge in [0, 0.05) is 9.75 Å². The van der Waals surface area contributed by atoms with Gasteiger partial charge < -0.3 is 10.1 Å². The molecule has 0 amide bonds. The molecule has 2 aromatic rings. The van der Waals surface area contributed by atoms with E-state index in [1.807, 2.05) is 36.5 Å². The number of hydrogen-bond donors (Lipinski definition) is 1. The first-order valence-electron chi connectivity index (χ1n) is 6.81. The molecule has 102 valence electrons. The van der Waals surface area contributed by atoms with E-state index in [0.29, 0.717) is 12.6 Å². The second-order valence-corrected chi connectivity index (χ2v) is 5.65. The zero-order chi connectivity index (χ0) is 13.7. The van der Waals surface area contributed by atoms with Crippen molar-refractivity contribution in [1.82, 2.24) is 0 Å². The maximum absolute atomic E-state index is 5.64. The van der Waals surface area contributed by atoms with E-state index in [-0.39, 0.29) is 0 Å². The molecule has 0 aliphatic carbocycles. The Balaban J connectivity index is 2.11. The Hall–Kier alpha value is -1.48. The highest BCUT2D eigenvalue weighted by Gasteiger charge is 2.10. The Morgan fingerprint density at radius 1 is 1.16 bits per heavy atom. The van der Waals surface area contributed by atoms with Crippen LogP contribution >= 0.6 is 11.3 Å². The third-order valence-corrected chi connectivity index (χ3v) is 4.43. The van der Waals surface area contributed by atoms with Crippen molar-refractivity contribution in [1.29, 1.82) is 0 Å². The van der Waals surface area contributed by atoms with E-state index < -0.39 is 0 Å². The van der Waals surface area contributed by atoms with E-state index in [2.05, 4.69) is 37.4 Å². The minimum atomic E-state index is 0.298. The Morgan fingerprint density at radius 3 is 2.63 bits per heavy atom. The van der Waals surface area contributed by atoms with Gasteiger partial charge in [-0.3, -0.25) is 0 Å². The SMILES string of the molecule is CCOc1ccccc1NC(C)c1ccc(CC)s1. The van der Waals surface area contributed by atoms with Crippen molar-refractivity contribution in [2.75, 3.05) is 11.9 Å². The van der Waals surface area contributed by atoms with Crippen molar-refractivity contribution in [3.63, 3.8) is 0 Å². The number of hydrogen-bond acceptors (Lipinski definition) is 3. The largest absolute Gasteiger partial charge is 0.492 e. The predicted molar refractivity (Wildman–Crippen MR) is 83.3 cm³/mol. The topological polar surface area (TPSA) is 21.3 Å². The number of aryl methyl sites for hydroxylation is 1. The van der Waals surface area contributed by atoms with Crippen LogP contribution in [0.5, 0.6) is 5.75 Å². The van der Waals surface area contributed by atoms with E-state index in [4.69, 9.17) is 4.74 Å². The van der Waals surface area contributed by atoms with Crippen LogP contribution in [-0.2, 0) is 6.42 Å². The van der Waals surface area contributed by atoms with Crippen molar-refractivity contribution in [3.05, 3.63) is 46.2 Å². The predicted octanol–water partition coefficient (Wildman–Crippen LogP) is 4.88. The normalized spacial score (nSPS) is 12.2. The smallest absolute Gasteiger partial charge is 0.142 e. The van der Waals surface area contributed by atoms with Crippen molar-refractivity contribution in [3.8, 4) is 5.75 Å². The summed E-state index contributed by atoms with van der Waals surface area (Å²) in [6.45, 7) is 7.07. The quantitative estimate of drug-likeness (QED) is 0.811. The van der Waals surface area contributed by atoms with E-state index >= 15 is 0 Å². The van der Waals surface area contributed by atoms with Crippen molar-refractivity contribution in [2.24, 2.45) is 0 Å². The van der Waals surface area contributed by atoms with Gasteiger partial charge in [-0.25, -0.2) is 0 Å². The van der Waals surface area contributed by atoms with Gasteiger partial charge in [0.2, 0.25) is 0 Å². The second kappa shape index (κ2) is 6.62. The minimum Gasteiger partial charge on any atom is -0.492 e. The molecule has 0 bridgehead atoms. The molecule has 0 fully saturated rings. The molecule has 2 nitrogen and oxygen atoms in total. The summed E-state index contributed by atoms with van der Waals surface area (Å²) in [7, 11) is 0. The molecule has 0 aliphatic heterocycles. The van der Waals surface area contributed by atoms with Crippen LogP contribution in [0.3, 0.4) is 0 Å². The fourth-order valence-electron chi connectivity index (χ4n) is 1.99. The molecule has 0 aliphatic rings. The first kappa shape index (κ1) is 13.9. The van der Waals surface area contributed by atoms with Crippen LogP contribution < -0.4 is 10.1 Å². The van der Waals surface area contributed by atoms with Crippen LogP contribution in [0.1, 0.15) is 36.6 Å². The molecule has 3 heteroatoms. The highest BCUT2D eigenvalue weighted by Crippen LogP contribution is 2.30. The molecule has 1 aromatic heterocycles. The highest BCUT2D eigenvalue weighted by atomic mass is 32.1. The van der Waals surface area contributed by atoms with Crippen LogP contribution in [0.4, 0.5) is 5.69 Å². The van der Waals surface area contributed by atoms with Gasteiger partial charge in [0.25, 0.3) is 0 Å². The van der Waals surface area contributed by atoms with E-state index in [9.17, 15) is 0 Å². The van der Waals surface area contributed by atoms with Gasteiger partial charge in [-0.15, -0.1) is 11.3 Å². The van der Waals surface area contributed by atoms with Crippen LogP contribution in [-0.4, -0.2) is 6.61 Å². The molecule has 1 atom stereocenters. The Labute approximate surface area is 119 Å². The molecule has 1 unspecified atom stereocenters. The van der Waals surface area contributed by atoms with Crippen molar-refractivity contribution < 1.29 is 4.74 Å². The van der Waals surface area contributed by atoms with Crippen LogP contribution in [0.15, 0.2) is 36.4 Å². The van der Waals surface area contributed by atoms with Crippen molar-refractivity contribution in [2.45, 2.75) is 33.2 Å². The van der Waals surface area contributed by atoms with Crippen molar-refractivity contribution >= 4 is 17.0 Å². The average molecular weight is 275 g/mol. The van der Waals surface area contributed by atoms with Crippen LogP contribution in [0, 0.1) is 0 Å². The monoisotopic (exact) mass is 275 g/mol. The minimum absolute atomic E-state index is 0.298. The third-order valence-electron chi connectivity index (χ3n) is 3.02. The summed E-state index contributed by atoms with van der Waals surface area (Å²) in [6, 6.07) is 12.8. The summed E-state index contributed by atoms with van der Waals surface area (Å²) < 4.78 is 5.64. The number of rotatable bonds is 6. The maximum Gasteiger partial charge on any atom is 0.142 e. The number of benzene rings is 1. The average Bonchev–Trinajstić information content (AvgIpc) is 2.90. The molecule has 0 saturated heterocycles. The molecule has 2 rings (SSSR count). The fourth-order valence-corrected chi connectivity index (χ4v) is 2.94. The fraction of sp³-hybridized carbons (Fsp3) is 0.375. The number of thiophene rings is 1. The molecule has 1 heterocycles. The third kappa shape index (κ3) is 3.51. The lowest BCUT2D eigenvalue weighted by Crippen LogP contribution is -2.06. The van der Waals surface area contributed by atoms with Gasteiger partial charge in [0.05, 0.1) is 18.3 Å². The first-order valence-corrected chi connectivity index (χ1v) is 7.63. The van der Waals surface area contributed by atoms with Crippen LogP contribution in [0.25, 0.3) is 0 Å². The molecular weight excluding hydrogens is 254 g/mol. The lowest BCUT2D eigenvalue weighted by atomic mass is 10.2. The van der Waals surface area contributed by atoms with Crippen LogP contribution in [0.2, 0.25) is 0 Å². The lowest BCUT2D eigenvalue weighted by Gasteiger charge is -2.17. The van der Waals surface area contributed by atoms with Gasteiger partial charge in [0.1, 0.15) is 5.75 Å². The zero-order valence-corrected chi connectivity index (χ0v) is 12.6. The highest BCUT2D eigenvalue weighted by molar-refractivity contribution is 7.12. The number of ether oxygens (including phenoxy) is 1. The molecular formula is C16H21NOS. The van der Waals surface area contributed by atoms with E-state index in [0.717, 1.165) is 17.9 Å². The summed E-state index contributed by atoms with van der Waals surface area (Å²) in [6.07, 6.45) is 1.10. The van der Waals surface area contributed by atoms with Gasteiger partial charge >= 0.3 is 0 Å². The van der Waals surface area contributed by atoms with E-state index in [1.54, 1.807) is 0 Å². The molecule has 19 heavy (non-hydrogen) atoms. The van der Waals surface area contributed by atoms with Gasteiger partial charge in [-0.2, -0.15) is 0 Å². The molecule has 0 saturated carbocycles. The lowest BCUT2D eigenvalue weighted by molar-refractivity contribution is 0.341. The standard InChI is InChI=1S/C16H21NOS/c1-4-13-10-11-16(19-13)12(3)17-14-8-6-7-9-15(14)18-5-2/h6-12,17H,4-5H2,1-3H3. The molecule has 1 N–H and O–H groups in total. The maximum atomic E-state index is 5.64. The molecule has 0 radical (unpaired) electrons. The Bertz CT molecular complexity index is 521. The Morgan fingerprint density at radius 2 is 1.95 bits per heavy atom. The molecule has 0 spiro atoms. The number of anilines is 1. The molecule has 1 aromatic carbocycles. The summed E-state index contributed by atoms with van der Waals surface area (Å²) in [4.78, 5) is 2.80. The second-order valence-electron chi connectivity index (χ2n) is 4.45. The number of para-hydroxylation sites is 2. The van der Waals surface area contributed by atoms with E-state index in [1.165, 1.54) is 9.75 Å². The summed E-state index contributed by atoms with van der Waals surface area (Å²) in [5.74, 6) is 0.920. The Kier molecular flexibility index (Phi) is 4.86. The van der Waals surface area contributed by atoms with Gasteiger partial charge in [-0.05, 0) is 44.5 Å². The summed E-state index contributed by atoms with van der Waals surface area (Å²) in [5.41, 5.74) is 1.06. The van der Waals surface area contributed by atoms with Gasteiger partial charge in [-0.1, -0.05) is 19.1 Å². The summed E-state index contributed by atoms with van der Waals surface area (Å²) >= 11 is 1.88. The van der Waals surface area contributed by atoms with Gasteiger partial charge in [0.15, 0.2) is 0 Å². The summed E-state index contributed by atoms with van der Waals surface area (Å²) in [5, 5.41) is 3.53.